The fourth-order valence-corrected chi connectivity index (χ4v) is 2.52. The molecule has 1 unspecified atom stereocenters. The van der Waals surface area contributed by atoms with Crippen LogP contribution in [0.25, 0.3) is 0 Å². The fourth-order valence-electron chi connectivity index (χ4n) is 2.52. The Morgan fingerprint density at radius 1 is 1.04 bits per heavy atom. The quantitative estimate of drug-likeness (QED) is 0.687. The topological polar surface area (TPSA) is 60.7 Å². The minimum absolute atomic E-state index is 0.106. The highest BCUT2D eigenvalue weighted by Crippen LogP contribution is 2.20. The minimum atomic E-state index is -0.256. The van der Waals surface area contributed by atoms with E-state index >= 15 is 0 Å². The van der Waals surface area contributed by atoms with E-state index in [1.807, 2.05) is 55.5 Å². The van der Waals surface area contributed by atoms with Crippen LogP contribution in [0.15, 0.2) is 71.1 Å². The number of ether oxygens (including phenoxy) is 2. The number of amides is 1. The van der Waals surface area contributed by atoms with Crippen molar-refractivity contribution >= 4 is 5.91 Å². The van der Waals surface area contributed by atoms with Gasteiger partial charge in [-0.2, -0.15) is 0 Å². The van der Waals surface area contributed by atoms with Gasteiger partial charge in [-0.05, 0) is 36.8 Å². The van der Waals surface area contributed by atoms with E-state index in [0.717, 1.165) is 11.3 Å². The average Bonchev–Trinajstić information content (AvgIpc) is 3.16. The van der Waals surface area contributed by atoms with Crippen LogP contribution in [0, 0.1) is 0 Å². The van der Waals surface area contributed by atoms with Crippen molar-refractivity contribution in [2.45, 2.75) is 19.6 Å². The van der Waals surface area contributed by atoms with Crippen molar-refractivity contribution in [2.75, 3.05) is 7.11 Å². The Hall–Kier alpha value is -3.21. The highest BCUT2D eigenvalue weighted by Gasteiger charge is 2.15. The lowest BCUT2D eigenvalue weighted by molar-refractivity contribution is 0.0907. The largest absolute Gasteiger partial charge is 0.497 e. The second kappa shape index (κ2) is 8.25. The molecule has 1 amide bonds. The van der Waals surface area contributed by atoms with E-state index in [-0.39, 0.29) is 24.3 Å². The van der Waals surface area contributed by atoms with Gasteiger partial charge in [0.05, 0.1) is 13.2 Å². The van der Waals surface area contributed by atoms with Crippen molar-refractivity contribution in [1.29, 1.82) is 0 Å². The number of rotatable bonds is 7. The van der Waals surface area contributed by atoms with Gasteiger partial charge in [0.15, 0.2) is 5.76 Å². The zero-order chi connectivity index (χ0) is 18.4. The zero-order valence-corrected chi connectivity index (χ0v) is 14.8. The number of carbonyl (C=O) groups is 1. The van der Waals surface area contributed by atoms with Crippen LogP contribution < -0.4 is 14.8 Å². The summed E-state index contributed by atoms with van der Waals surface area (Å²) in [6, 6.07) is 20.4. The predicted molar refractivity (Wildman–Crippen MR) is 98.4 cm³/mol. The van der Waals surface area contributed by atoms with Gasteiger partial charge in [0, 0.05) is 6.07 Å². The van der Waals surface area contributed by atoms with Crippen LogP contribution in [0.4, 0.5) is 0 Å². The summed E-state index contributed by atoms with van der Waals surface area (Å²) in [4.78, 5) is 12.3. The van der Waals surface area contributed by atoms with Gasteiger partial charge >= 0.3 is 0 Å². The summed E-state index contributed by atoms with van der Waals surface area (Å²) in [7, 11) is 1.60. The molecule has 26 heavy (non-hydrogen) atoms. The molecule has 0 aliphatic rings. The molecule has 1 N–H and O–H groups in total. The SMILES string of the molecule is COc1cccc(OCc2ccc(C(=O)NC(C)c3ccccc3)o2)c1. The Morgan fingerprint density at radius 2 is 1.81 bits per heavy atom. The summed E-state index contributed by atoms with van der Waals surface area (Å²) in [5, 5.41) is 2.92. The molecule has 0 radical (unpaired) electrons. The smallest absolute Gasteiger partial charge is 0.287 e. The summed E-state index contributed by atoms with van der Waals surface area (Å²) in [6.45, 7) is 2.16. The van der Waals surface area contributed by atoms with Crippen LogP contribution in [0.5, 0.6) is 11.5 Å². The van der Waals surface area contributed by atoms with E-state index in [9.17, 15) is 4.79 Å². The molecule has 1 atom stereocenters. The Labute approximate surface area is 152 Å². The number of benzene rings is 2. The summed E-state index contributed by atoms with van der Waals surface area (Å²) in [5.41, 5.74) is 1.04. The summed E-state index contributed by atoms with van der Waals surface area (Å²) < 4.78 is 16.4. The molecule has 1 heterocycles. The molecule has 3 aromatic rings. The van der Waals surface area contributed by atoms with Gasteiger partial charge in [-0.25, -0.2) is 0 Å². The monoisotopic (exact) mass is 351 g/mol. The van der Waals surface area contributed by atoms with E-state index in [2.05, 4.69) is 5.32 Å². The maximum absolute atomic E-state index is 12.3. The third kappa shape index (κ3) is 4.45. The zero-order valence-electron chi connectivity index (χ0n) is 14.8. The van der Waals surface area contributed by atoms with Crippen molar-refractivity contribution in [2.24, 2.45) is 0 Å². The Morgan fingerprint density at radius 3 is 2.58 bits per heavy atom. The number of methoxy groups -OCH3 is 1. The normalized spacial score (nSPS) is 11.6. The second-order valence-corrected chi connectivity index (χ2v) is 5.84. The first-order chi connectivity index (χ1) is 12.7. The number of carbonyl (C=O) groups excluding carboxylic acids is 1. The van der Waals surface area contributed by atoms with Gasteiger partial charge in [0.2, 0.25) is 0 Å². The van der Waals surface area contributed by atoms with E-state index in [1.165, 1.54) is 0 Å². The molecule has 0 aliphatic carbocycles. The van der Waals surface area contributed by atoms with Crippen molar-refractivity contribution in [3.05, 3.63) is 83.8 Å². The molecule has 0 saturated heterocycles. The first-order valence-electron chi connectivity index (χ1n) is 8.37. The highest BCUT2D eigenvalue weighted by atomic mass is 16.5. The number of hydrogen-bond acceptors (Lipinski definition) is 4. The van der Waals surface area contributed by atoms with Gasteiger partial charge < -0.3 is 19.2 Å². The van der Waals surface area contributed by atoms with Gasteiger partial charge in [0.1, 0.15) is 23.9 Å². The summed E-state index contributed by atoms with van der Waals surface area (Å²) in [6.07, 6.45) is 0. The van der Waals surface area contributed by atoms with E-state index in [4.69, 9.17) is 13.9 Å². The lowest BCUT2D eigenvalue weighted by Crippen LogP contribution is -2.26. The number of furan rings is 1. The maximum atomic E-state index is 12.3. The lowest BCUT2D eigenvalue weighted by Gasteiger charge is -2.13. The van der Waals surface area contributed by atoms with E-state index < -0.39 is 0 Å². The maximum Gasteiger partial charge on any atom is 0.287 e. The van der Waals surface area contributed by atoms with Gasteiger partial charge in [-0.15, -0.1) is 0 Å². The molecular formula is C21H21NO4. The molecule has 1 aromatic heterocycles. The molecule has 5 heteroatoms. The molecule has 2 aromatic carbocycles. The Kier molecular flexibility index (Phi) is 5.59. The third-order valence-electron chi connectivity index (χ3n) is 3.95. The summed E-state index contributed by atoms with van der Waals surface area (Å²) in [5.74, 6) is 1.97. The Balaban J connectivity index is 1.57. The minimum Gasteiger partial charge on any atom is -0.497 e. The van der Waals surface area contributed by atoms with Gasteiger partial charge in [-0.3, -0.25) is 4.79 Å². The van der Waals surface area contributed by atoms with Crippen molar-refractivity contribution in [3.63, 3.8) is 0 Å². The molecule has 0 bridgehead atoms. The standard InChI is InChI=1S/C21H21NO4/c1-15(16-7-4-3-5-8-16)22-21(23)20-12-11-19(26-20)14-25-18-10-6-9-17(13-18)24-2/h3-13,15H,14H2,1-2H3,(H,22,23). The van der Waals surface area contributed by atoms with Crippen LogP contribution in [0.2, 0.25) is 0 Å². The average molecular weight is 351 g/mol. The first kappa shape index (κ1) is 17.6. The highest BCUT2D eigenvalue weighted by molar-refractivity contribution is 5.91. The molecule has 0 aliphatic heterocycles. The van der Waals surface area contributed by atoms with Crippen LogP contribution in [0.3, 0.4) is 0 Å². The van der Waals surface area contributed by atoms with Gasteiger partial charge in [0.25, 0.3) is 5.91 Å². The number of nitrogens with one attached hydrogen (secondary N) is 1. The van der Waals surface area contributed by atoms with Crippen molar-refractivity contribution in [3.8, 4) is 11.5 Å². The lowest BCUT2D eigenvalue weighted by atomic mass is 10.1. The number of hydrogen-bond donors (Lipinski definition) is 1. The molecule has 134 valence electrons. The summed E-state index contributed by atoms with van der Waals surface area (Å²) >= 11 is 0. The molecule has 0 spiro atoms. The first-order valence-corrected chi connectivity index (χ1v) is 8.37. The molecule has 3 rings (SSSR count). The predicted octanol–water partition coefficient (Wildman–Crippen LogP) is 4.36. The second-order valence-electron chi connectivity index (χ2n) is 5.84. The van der Waals surface area contributed by atoms with Crippen LogP contribution in [-0.4, -0.2) is 13.0 Å². The van der Waals surface area contributed by atoms with E-state index in [0.29, 0.717) is 11.5 Å². The Bertz CT molecular complexity index is 857. The molecule has 0 saturated carbocycles. The third-order valence-corrected chi connectivity index (χ3v) is 3.95. The molecule has 0 fully saturated rings. The fraction of sp³-hybridized carbons (Fsp3) is 0.190. The molecular weight excluding hydrogens is 330 g/mol. The van der Waals surface area contributed by atoms with Crippen LogP contribution in [-0.2, 0) is 6.61 Å². The van der Waals surface area contributed by atoms with Crippen molar-refractivity contribution in [1.82, 2.24) is 5.32 Å². The van der Waals surface area contributed by atoms with Gasteiger partial charge in [-0.1, -0.05) is 36.4 Å². The van der Waals surface area contributed by atoms with Crippen LogP contribution in [0.1, 0.15) is 34.8 Å². The molecule has 5 nitrogen and oxygen atoms in total. The van der Waals surface area contributed by atoms with E-state index in [1.54, 1.807) is 25.3 Å². The van der Waals surface area contributed by atoms with Crippen molar-refractivity contribution < 1.29 is 18.7 Å². The van der Waals surface area contributed by atoms with Crippen LogP contribution >= 0.6 is 0 Å².